The number of rotatable bonds is 4. The standard InChI is InChI=1S/C18H20N6O2/c1-12-21-15-10-24(7-4-14(15)17(25)22-12)18(26)16(23-5-2-3-6-23)8-13-9-19-11-20-13/h2-3,5-6,9,11,16H,4,7-8,10H2,1H3,(H,19,20)(H,21,22,25)/t16-/m0/s1. The van der Waals surface area contributed by atoms with Crippen LogP contribution in [-0.2, 0) is 24.2 Å². The van der Waals surface area contributed by atoms with Crippen LogP contribution in [0.15, 0.2) is 41.8 Å². The molecule has 0 spiro atoms. The molecule has 8 heteroatoms. The number of aromatic nitrogens is 5. The van der Waals surface area contributed by atoms with Gasteiger partial charge in [-0.2, -0.15) is 0 Å². The van der Waals surface area contributed by atoms with Crippen LogP contribution in [0.2, 0.25) is 0 Å². The summed E-state index contributed by atoms with van der Waals surface area (Å²) in [6.07, 6.45) is 8.18. The van der Waals surface area contributed by atoms with E-state index >= 15 is 0 Å². The lowest BCUT2D eigenvalue weighted by molar-refractivity contribution is -0.135. The van der Waals surface area contributed by atoms with Crippen molar-refractivity contribution in [1.82, 2.24) is 29.4 Å². The lowest BCUT2D eigenvalue weighted by Gasteiger charge is -2.31. The number of fused-ring (bicyclic) bond motifs is 1. The van der Waals surface area contributed by atoms with E-state index in [0.717, 1.165) is 5.69 Å². The number of H-pyrrole nitrogens is 2. The molecule has 0 unspecified atom stereocenters. The van der Waals surface area contributed by atoms with E-state index in [1.165, 1.54) is 0 Å². The maximum Gasteiger partial charge on any atom is 0.254 e. The predicted octanol–water partition coefficient (Wildman–Crippen LogP) is 0.972. The third-order valence-electron chi connectivity index (χ3n) is 4.74. The summed E-state index contributed by atoms with van der Waals surface area (Å²) >= 11 is 0. The van der Waals surface area contributed by atoms with Crippen molar-refractivity contribution < 1.29 is 4.79 Å². The van der Waals surface area contributed by atoms with Crippen LogP contribution in [0.3, 0.4) is 0 Å². The minimum absolute atomic E-state index is 0.0150. The number of carbonyl (C=O) groups is 1. The fourth-order valence-electron chi connectivity index (χ4n) is 3.44. The lowest BCUT2D eigenvalue weighted by Crippen LogP contribution is -2.43. The summed E-state index contributed by atoms with van der Waals surface area (Å²) in [6, 6.07) is 3.45. The number of aromatic amines is 2. The smallest absolute Gasteiger partial charge is 0.254 e. The molecule has 0 aliphatic carbocycles. The second-order valence-corrected chi connectivity index (χ2v) is 6.51. The van der Waals surface area contributed by atoms with Crippen LogP contribution in [0.1, 0.15) is 28.8 Å². The molecule has 1 aliphatic heterocycles. The van der Waals surface area contributed by atoms with Gasteiger partial charge in [0.15, 0.2) is 0 Å². The first-order chi connectivity index (χ1) is 12.6. The number of hydrogen-bond donors (Lipinski definition) is 2. The third-order valence-corrected chi connectivity index (χ3v) is 4.74. The minimum Gasteiger partial charge on any atom is -0.348 e. The Hall–Kier alpha value is -3.16. The highest BCUT2D eigenvalue weighted by molar-refractivity contribution is 5.81. The van der Waals surface area contributed by atoms with Crippen LogP contribution in [0.25, 0.3) is 0 Å². The Balaban J connectivity index is 1.61. The molecule has 1 atom stereocenters. The van der Waals surface area contributed by atoms with E-state index in [1.807, 2.05) is 29.1 Å². The fraction of sp³-hybridized carbons (Fsp3) is 0.333. The fourth-order valence-corrected chi connectivity index (χ4v) is 3.44. The van der Waals surface area contributed by atoms with E-state index in [1.54, 1.807) is 24.3 Å². The molecule has 0 radical (unpaired) electrons. The topological polar surface area (TPSA) is 99.7 Å². The second-order valence-electron chi connectivity index (χ2n) is 6.51. The van der Waals surface area contributed by atoms with E-state index in [2.05, 4.69) is 19.9 Å². The van der Waals surface area contributed by atoms with Gasteiger partial charge >= 0.3 is 0 Å². The molecule has 4 rings (SSSR count). The molecule has 1 amide bonds. The zero-order valence-corrected chi connectivity index (χ0v) is 14.5. The highest BCUT2D eigenvalue weighted by Crippen LogP contribution is 2.21. The Morgan fingerprint density at radius 1 is 1.35 bits per heavy atom. The maximum absolute atomic E-state index is 13.3. The first-order valence-electron chi connectivity index (χ1n) is 8.59. The number of nitrogens with one attached hydrogen (secondary N) is 2. The summed E-state index contributed by atoms with van der Waals surface area (Å²) in [5.74, 6) is 0.587. The highest BCUT2D eigenvalue weighted by Gasteiger charge is 2.30. The monoisotopic (exact) mass is 352 g/mol. The zero-order valence-electron chi connectivity index (χ0n) is 14.5. The maximum atomic E-state index is 13.3. The molecule has 2 N–H and O–H groups in total. The highest BCUT2D eigenvalue weighted by atomic mass is 16.2. The van der Waals surface area contributed by atoms with Crippen molar-refractivity contribution in [2.24, 2.45) is 0 Å². The molecular weight excluding hydrogens is 332 g/mol. The Bertz CT molecular complexity index is 958. The van der Waals surface area contributed by atoms with Gasteiger partial charge in [-0.1, -0.05) is 0 Å². The van der Waals surface area contributed by atoms with Crippen LogP contribution in [0.5, 0.6) is 0 Å². The van der Waals surface area contributed by atoms with Crippen molar-refractivity contribution >= 4 is 5.91 Å². The largest absolute Gasteiger partial charge is 0.348 e. The van der Waals surface area contributed by atoms with Gasteiger partial charge in [-0.3, -0.25) is 9.59 Å². The molecule has 134 valence electrons. The predicted molar refractivity (Wildman–Crippen MR) is 94.5 cm³/mol. The number of hydrogen-bond acceptors (Lipinski definition) is 4. The lowest BCUT2D eigenvalue weighted by atomic mass is 10.0. The molecule has 8 nitrogen and oxygen atoms in total. The molecule has 0 saturated carbocycles. The molecule has 0 fully saturated rings. The average molecular weight is 352 g/mol. The van der Waals surface area contributed by atoms with Gasteiger partial charge in [0.25, 0.3) is 5.56 Å². The van der Waals surface area contributed by atoms with E-state index in [9.17, 15) is 9.59 Å². The molecule has 3 aromatic heterocycles. The number of nitrogens with zero attached hydrogens (tertiary/aromatic N) is 4. The van der Waals surface area contributed by atoms with Crippen molar-refractivity contribution in [3.8, 4) is 0 Å². The molecule has 0 aromatic carbocycles. The summed E-state index contributed by atoms with van der Waals surface area (Å²) in [7, 11) is 0. The van der Waals surface area contributed by atoms with Gasteiger partial charge in [0.2, 0.25) is 5.91 Å². The number of aryl methyl sites for hydroxylation is 1. The molecule has 1 aliphatic rings. The van der Waals surface area contributed by atoms with Crippen LogP contribution in [-0.4, -0.2) is 41.9 Å². The number of amides is 1. The van der Waals surface area contributed by atoms with Gasteiger partial charge in [0, 0.05) is 42.8 Å². The van der Waals surface area contributed by atoms with Crippen molar-refractivity contribution in [2.45, 2.75) is 32.4 Å². The number of carbonyl (C=O) groups excluding carboxylic acids is 1. The summed E-state index contributed by atoms with van der Waals surface area (Å²) in [5.41, 5.74) is 2.18. The molecule has 0 saturated heterocycles. The summed E-state index contributed by atoms with van der Waals surface area (Å²) in [6.45, 7) is 2.63. The minimum atomic E-state index is -0.366. The Kier molecular flexibility index (Phi) is 4.16. The molecule has 26 heavy (non-hydrogen) atoms. The van der Waals surface area contributed by atoms with E-state index in [-0.39, 0.29) is 17.5 Å². The summed E-state index contributed by atoms with van der Waals surface area (Å²) in [4.78, 5) is 41.4. The van der Waals surface area contributed by atoms with Crippen molar-refractivity contribution in [2.75, 3.05) is 6.54 Å². The van der Waals surface area contributed by atoms with Crippen molar-refractivity contribution in [3.63, 3.8) is 0 Å². The van der Waals surface area contributed by atoms with E-state index in [0.29, 0.717) is 43.0 Å². The first kappa shape index (κ1) is 16.3. The van der Waals surface area contributed by atoms with Crippen molar-refractivity contribution in [1.29, 1.82) is 0 Å². The van der Waals surface area contributed by atoms with Gasteiger partial charge in [0.1, 0.15) is 11.9 Å². The normalized spacial score (nSPS) is 14.9. The van der Waals surface area contributed by atoms with Gasteiger partial charge < -0.3 is 19.4 Å². The SMILES string of the molecule is Cc1nc2c(c(=O)[nH]1)CCN(C(=O)[C@H](Cc1cnc[nH]1)n1cccc1)C2. The van der Waals surface area contributed by atoms with Gasteiger partial charge in [-0.05, 0) is 25.5 Å². The van der Waals surface area contributed by atoms with Crippen LogP contribution < -0.4 is 5.56 Å². The van der Waals surface area contributed by atoms with Crippen LogP contribution in [0, 0.1) is 6.92 Å². The average Bonchev–Trinajstić information content (AvgIpc) is 3.32. The summed E-state index contributed by atoms with van der Waals surface area (Å²) in [5, 5.41) is 0. The third kappa shape index (κ3) is 3.05. The second kappa shape index (κ2) is 6.62. The zero-order chi connectivity index (χ0) is 18.1. The van der Waals surface area contributed by atoms with Crippen LogP contribution >= 0.6 is 0 Å². The van der Waals surface area contributed by atoms with Crippen LogP contribution in [0.4, 0.5) is 0 Å². The Labute approximate surface area is 149 Å². The number of imidazole rings is 1. The first-order valence-corrected chi connectivity index (χ1v) is 8.59. The molecular formula is C18H20N6O2. The molecule has 4 heterocycles. The Morgan fingerprint density at radius 3 is 2.88 bits per heavy atom. The van der Waals surface area contributed by atoms with E-state index in [4.69, 9.17) is 0 Å². The Morgan fingerprint density at radius 2 is 2.15 bits per heavy atom. The molecule has 3 aromatic rings. The molecule has 0 bridgehead atoms. The van der Waals surface area contributed by atoms with E-state index < -0.39 is 0 Å². The van der Waals surface area contributed by atoms with Gasteiger partial charge in [-0.25, -0.2) is 9.97 Å². The van der Waals surface area contributed by atoms with Crippen molar-refractivity contribution in [3.05, 3.63) is 70.2 Å². The van der Waals surface area contributed by atoms with Gasteiger partial charge in [0.05, 0.1) is 18.6 Å². The quantitative estimate of drug-likeness (QED) is 0.731. The van der Waals surface area contributed by atoms with Gasteiger partial charge in [-0.15, -0.1) is 0 Å². The summed E-state index contributed by atoms with van der Waals surface area (Å²) < 4.78 is 1.91.